The van der Waals surface area contributed by atoms with Gasteiger partial charge in [-0.25, -0.2) is 0 Å². The Labute approximate surface area is 91.6 Å². The molecule has 1 aromatic rings. The largest absolute Gasteiger partial charge is 0.507 e. The third kappa shape index (κ3) is 1.86. The van der Waals surface area contributed by atoms with Crippen LogP contribution in [-0.4, -0.2) is 10.2 Å². The van der Waals surface area contributed by atoms with Gasteiger partial charge in [-0.2, -0.15) is 0 Å². The van der Waals surface area contributed by atoms with Crippen molar-refractivity contribution in [3.63, 3.8) is 0 Å². The monoisotopic (exact) mass is 208 g/mol. The zero-order chi connectivity index (χ0) is 12.0. The van der Waals surface area contributed by atoms with E-state index >= 15 is 0 Å². The minimum atomic E-state index is -0.864. The fourth-order valence-electron chi connectivity index (χ4n) is 2.21. The minimum absolute atomic E-state index is 0.345. The molecule has 1 rings (SSSR count). The molecule has 0 spiro atoms. The Balaban J connectivity index is 3.68. The predicted molar refractivity (Wildman–Crippen MR) is 62.3 cm³/mol. The molecule has 0 saturated heterocycles. The quantitative estimate of drug-likeness (QED) is 0.745. The normalized spacial score (nSPS) is 11.9. The van der Waals surface area contributed by atoms with Gasteiger partial charge in [-0.1, -0.05) is 0 Å². The summed E-state index contributed by atoms with van der Waals surface area (Å²) in [4.78, 5) is 0. The Bertz CT molecular complexity index is 369. The number of phenolic OH excluding ortho intramolecular Hbond substituents is 1. The molecule has 0 radical (unpaired) electrons. The van der Waals surface area contributed by atoms with E-state index in [9.17, 15) is 10.2 Å². The molecule has 0 atom stereocenters. The number of benzene rings is 1. The molecule has 0 aromatic heterocycles. The molecule has 0 bridgehead atoms. The van der Waals surface area contributed by atoms with E-state index < -0.39 is 5.60 Å². The van der Waals surface area contributed by atoms with Crippen LogP contribution in [0.1, 0.15) is 41.7 Å². The van der Waals surface area contributed by atoms with Crippen molar-refractivity contribution < 1.29 is 10.2 Å². The van der Waals surface area contributed by atoms with Gasteiger partial charge in [0.1, 0.15) is 5.75 Å². The van der Waals surface area contributed by atoms with Crippen LogP contribution in [0.4, 0.5) is 0 Å². The topological polar surface area (TPSA) is 40.5 Å². The lowest BCUT2D eigenvalue weighted by molar-refractivity contribution is 0.0770. The van der Waals surface area contributed by atoms with Gasteiger partial charge in [0.15, 0.2) is 0 Å². The average Bonchev–Trinajstić information content (AvgIpc) is 2.09. The lowest BCUT2D eigenvalue weighted by Crippen LogP contribution is -2.20. The smallest absolute Gasteiger partial charge is 0.121 e. The molecule has 0 aliphatic rings. The summed E-state index contributed by atoms with van der Waals surface area (Å²) in [5, 5.41) is 20.0. The van der Waals surface area contributed by atoms with Crippen molar-refractivity contribution in [3.05, 3.63) is 27.8 Å². The van der Waals surface area contributed by atoms with Gasteiger partial charge in [0.25, 0.3) is 0 Å². The van der Waals surface area contributed by atoms with Crippen molar-refractivity contribution in [1.82, 2.24) is 0 Å². The van der Waals surface area contributed by atoms with Crippen LogP contribution < -0.4 is 0 Å². The van der Waals surface area contributed by atoms with Crippen LogP contribution >= 0.6 is 0 Å². The van der Waals surface area contributed by atoms with Crippen molar-refractivity contribution in [2.24, 2.45) is 0 Å². The number of rotatable bonds is 1. The van der Waals surface area contributed by atoms with Crippen LogP contribution in [0.2, 0.25) is 0 Å². The fraction of sp³-hybridized carbons (Fsp3) is 0.538. The van der Waals surface area contributed by atoms with E-state index in [1.165, 1.54) is 0 Å². The van der Waals surface area contributed by atoms with Crippen LogP contribution in [0, 0.1) is 27.7 Å². The summed E-state index contributed by atoms with van der Waals surface area (Å²) in [6, 6.07) is 0. The van der Waals surface area contributed by atoms with Gasteiger partial charge < -0.3 is 10.2 Å². The molecule has 0 saturated carbocycles. The minimum Gasteiger partial charge on any atom is -0.507 e. The molecular formula is C13H20O2. The molecule has 0 heterocycles. The van der Waals surface area contributed by atoms with Crippen LogP contribution in [0.5, 0.6) is 5.75 Å². The molecule has 84 valence electrons. The summed E-state index contributed by atoms with van der Waals surface area (Å²) in [5.41, 5.74) is 3.73. The van der Waals surface area contributed by atoms with Crippen LogP contribution in [-0.2, 0) is 5.60 Å². The summed E-state index contributed by atoms with van der Waals surface area (Å²) >= 11 is 0. The van der Waals surface area contributed by atoms with Crippen molar-refractivity contribution >= 4 is 0 Å². The zero-order valence-corrected chi connectivity index (χ0v) is 10.4. The van der Waals surface area contributed by atoms with Gasteiger partial charge >= 0.3 is 0 Å². The zero-order valence-electron chi connectivity index (χ0n) is 10.4. The van der Waals surface area contributed by atoms with Crippen LogP contribution in [0.3, 0.4) is 0 Å². The van der Waals surface area contributed by atoms with Crippen molar-refractivity contribution in [1.29, 1.82) is 0 Å². The maximum absolute atomic E-state index is 10.1. The van der Waals surface area contributed by atoms with E-state index in [-0.39, 0.29) is 0 Å². The number of aliphatic hydroxyl groups is 1. The summed E-state index contributed by atoms with van der Waals surface area (Å²) in [6.07, 6.45) is 0. The Hall–Kier alpha value is -1.02. The first kappa shape index (κ1) is 12.1. The molecule has 0 unspecified atom stereocenters. The van der Waals surface area contributed by atoms with E-state index in [0.717, 1.165) is 27.8 Å². The Kier molecular flexibility index (Phi) is 2.83. The van der Waals surface area contributed by atoms with Gasteiger partial charge in [0, 0.05) is 0 Å². The first-order chi connectivity index (χ1) is 6.68. The Morgan fingerprint density at radius 1 is 0.800 bits per heavy atom. The second-order valence-corrected chi connectivity index (χ2v) is 4.78. The summed E-state index contributed by atoms with van der Waals surface area (Å²) in [7, 11) is 0. The summed E-state index contributed by atoms with van der Waals surface area (Å²) in [6.45, 7) is 11.2. The SMILES string of the molecule is Cc1c(C)c(C(C)(C)O)c(C)c(C)c1O. The number of hydrogen-bond donors (Lipinski definition) is 2. The van der Waals surface area contributed by atoms with Crippen molar-refractivity contribution in [3.8, 4) is 5.75 Å². The fourth-order valence-corrected chi connectivity index (χ4v) is 2.21. The highest BCUT2D eigenvalue weighted by molar-refractivity contribution is 5.54. The van der Waals surface area contributed by atoms with E-state index in [1.807, 2.05) is 27.7 Å². The second-order valence-electron chi connectivity index (χ2n) is 4.78. The average molecular weight is 208 g/mol. The molecule has 0 fully saturated rings. The lowest BCUT2D eigenvalue weighted by Gasteiger charge is -2.26. The number of aromatic hydroxyl groups is 1. The molecule has 0 aliphatic heterocycles. The Morgan fingerprint density at radius 3 is 1.40 bits per heavy atom. The van der Waals surface area contributed by atoms with E-state index in [4.69, 9.17) is 0 Å². The molecule has 1 aromatic carbocycles. The molecule has 2 heteroatoms. The van der Waals surface area contributed by atoms with Crippen molar-refractivity contribution in [2.45, 2.75) is 47.1 Å². The molecule has 2 nitrogen and oxygen atoms in total. The third-order valence-electron chi connectivity index (χ3n) is 3.20. The molecule has 2 N–H and O–H groups in total. The van der Waals surface area contributed by atoms with Crippen LogP contribution in [0.25, 0.3) is 0 Å². The first-order valence-corrected chi connectivity index (χ1v) is 5.20. The van der Waals surface area contributed by atoms with Crippen molar-refractivity contribution in [2.75, 3.05) is 0 Å². The van der Waals surface area contributed by atoms with E-state index in [1.54, 1.807) is 13.8 Å². The maximum atomic E-state index is 10.1. The van der Waals surface area contributed by atoms with Gasteiger partial charge in [-0.15, -0.1) is 0 Å². The molecular weight excluding hydrogens is 188 g/mol. The third-order valence-corrected chi connectivity index (χ3v) is 3.20. The number of hydrogen-bond acceptors (Lipinski definition) is 2. The summed E-state index contributed by atoms with van der Waals surface area (Å²) < 4.78 is 0. The first-order valence-electron chi connectivity index (χ1n) is 5.20. The maximum Gasteiger partial charge on any atom is 0.121 e. The highest BCUT2D eigenvalue weighted by atomic mass is 16.3. The number of phenols is 1. The summed E-state index contributed by atoms with van der Waals surface area (Å²) in [5.74, 6) is 0.345. The van der Waals surface area contributed by atoms with Gasteiger partial charge in [0.05, 0.1) is 5.60 Å². The molecule has 0 aliphatic carbocycles. The standard InChI is InChI=1S/C13H20O2/c1-7-9(3)12(14)10(4)8(2)11(7)13(5,6)15/h14-15H,1-6H3. The highest BCUT2D eigenvalue weighted by Crippen LogP contribution is 2.36. The van der Waals surface area contributed by atoms with Gasteiger partial charge in [-0.05, 0) is 69.4 Å². The van der Waals surface area contributed by atoms with Gasteiger partial charge in [0.2, 0.25) is 0 Å². The second kappa shape index (κ2) is 3.53. The Morgan fingerprint density at radius 2 is 1.13 bits per heavy atom. The van der Waals surface area contributed by atoms with E-state index in [2.05, 4.69) is 0 Å². The van der Waals surface area contributed by atoms with E-state index in [0.29, 0.717) is 5.75 Å². The van der Waals surface area contributed by atoms with Gasteiger partial charge in [-0.3, -0.25) is 0 Å². The molecule has 0 amide bonds. The highest BCUT2D eigenvalue weighted by Gasteiger charge is 2.24. The van der Waals surface area contributed by atoms with Crippen LogP contribution in [0.15, 0.2) is 0 Å². The molecule has 15 heavy (non-hydrogen) atoms. The lowest BCUT2D eigenvalue weighted by atomic mass is 9.84. The predicted octanol–water partition coefficient (Wildman–Crippen LogP) is 2.85.